The van der Waals surface area contributed by atoms with E-state index in [-0.39, 0.29) is 5.91 Å². The Hall–Kier alpha value is -2.38. The van der Waals surface area contributed by atoms with Crippen molar-refractivity contribution in [1.82, 2.24) is 9.21 Å². The number of sulfonamides is 1. The molecule has 31 heavy (non-hydrogen) atoms. The smallest absolute Gasteiger partial charge is 0.243 e. The summed E-state index contributed by atoms with van der Waals surface area (Å²) in [4.78, 5) is 14.8. The van der Waals surface area contributed by atoms with Crippen molar-refractivity contribution < 1.29 is 17.9 Å². The van der Waals surface area contributed by atoms with Crippen LogP contribution in [0, 0.1) is 0 Å². The van der Waals surface area contributed by atoms with Crippen LogP contribution in [-0.4, -0.2) is 56.3 Å². The lowest BCUT2D eigenvalue weighted by Gasteiger charge is -2.34. The number of hydrogen-bond acceptors (Lipinski definition) is 4. The van der Waals surface area contributed by atoms with Gasteiger partial charge < -0.3 is 9.64 Å². The van der Waals surface area contributed by atoms with Crippen molar-refractivity contribution in [2.24, 2.45) is 0 Å². The lowest BCUT2D eigenvalue weighted by molar-refractivity contribution is -0.132. The Bertz CT molecular complexity index is 1030. The van der Waals surface area contributed by atoms with Crippen LogP contribution in [0.1, 0.15) is 36.5 Å². The zero-order chi connectivity index (χ0) is 21.8. The first-order chi connectivity index (χ1) is 15.0. The molecule has 1 saturated heterocycles. The molecule has 1 heterocycles. The minimum Gasteiger partial charge on any atom is -0.494 e. The lowest BCUT2D eigenvalue weighted by Crippen LogP contribution is -2.50. The van der Waals surface area contributed by atoms with E-state index >= 15 is 0 Å². The summed E-state index contributed by atoms with van der Waals surface area (Å²) >= 11 is 0. The molecule has 1 amide bonds. The Balaban J connectivity index is 1.30. The van der Waals surface area contributed by atoms with E-state index in [1.807, 2.05) is 43.3 Å². The van der Waals surface area contributed by atoms with Crippen LogP contribution in [0.15, 0.2) is 47.4 Å². The molecule has 2 aromatic rings. The van der Waals surface area contributed by atoms with Crippen molar-refractivity contribution in [2.45, 2.75) is 43.9 Å². The number of carbonyl (C=O) groups excluding carboxylic acids is 1. The van der Waals surface area contributed by atoms with Gasteiger partial charge in [0.2, 0.25) is 15.9 Å². The normalized spacial score (nSPS) is 16.9. The lowest BCUT2D eigenvalue weighted by atomic mass is 10.1. The second-order valence-corrected chi connectivity index (χ2v) is 10.1. The fourth-order valence-corrected chi connectivity index (χ4v) is 5.84. The first kappa shape index (κ1) is 21.8. The van der Waals surface area contributed by atoms with Gasteiger partial charge in [-0.05, 0) is 73.6 Å². The molecular formula is C24H30N2O4S. The Labute approximate surface area is 184 Å². The van der Waals surface area contributed by atoms with Crippen LogP contribution in [0.3, 0.4) is 0 Å². The summed E-state index contributed by atoms with van der Waals surface area (Å²) in [6, 6.07) is 13.3. The number of aryl methyl sites for hydroxylation is 3. The molecule has 0 saturated carbocycles. The Morgan fingerprint density at radius 1 is 0.968 bits per heavy atom. The molecule has 0 N–H and O–H groups in total. The number of fused-ring (bicyclic) bond motifs is 1. The van der Waals surface area contributed by atoms with Gasteiger partial charge >= 0.3 is 0 Å². The first-order valence-corrected chi connectivity index (χ1v) is 12.5. The fraction of sp³-hybridized carbons (Fsp3) is 0.458. The van der Waals surface area contributed by atoms with Crippen LogP contribution in [0.2, 0.25) is 0 Å². The van der Waals surface area contributed by atoms with Crippen LogP contribution in [-0.2, 0) is 34.1 Å². The molecule has 0 aromatic heterocycles. The zero-order valence-corrected chi connectivity index (χ0v) is 18.9. The van der Waals surface area contributed by atoms with Gasteiger partial charge in [-0.3, -0.25) is 4.79 Å². The summed E-state index contributed by atoms with van der Waals surface area (Å²) in [6.45, 7) is 4.14. The van der Waals surface area contributed by atoms with E-state index in [1.54, 1.807) is 11.0 Å². The maximum absolute atomic E-state index is 13.1. The van der Waals surface area contributed by atoms with Crippen LogP contribution in [0.4, 0.5) is 0 Å². The van der Waals surface area contributed by atoms with Crippen molar-refractivity contribution in [1.29, 1.82) is 0 Å². The molecule has 2 aromatic carbocycles. The number of ether oxygens (including phenoxy) is 1. The van der Waals surface area contributed by atoms with E-state index in [0.717, 1.165) is 36.1 Å². The Kier molecular flexibility index (Phi) is 6.62. The van der Waals surface area contributed by atoms with Gasteiger partial charge in [0.05, 0.1) is 11.5 Å². The Morgan fingerprint density at radius 3 is 2.39 bits per heavy atom. The SMILES string of the molecule is CCOc1ccc(CCC(=O)N2CCN(S(=O)(=O)c3ccc4c(c3)CCC4)CC2)cc1. The summed E-state index contributed by atoms with van der Waals surface area (Å²) in [5, 5.41) is 0. The van der Waals surface area contributed by atoms with Gasteiger partial charge in [0, 0.05) is 32.6 Å². The van der Waals surface area contributed by atoms with Crippen molar-refractivity contribution in [3.05, 3.63) is 59.2 Å². The standard InChI is InChI=1S/C24H30N2O4S/c1-2-30-22-10-6-19(7-11-22)8-13-24(27)25-14-16-26(17-15-25)31(28,29)23-12-9-20-4-3-5-21(20)18-23/h6-7,9-12,18H,2-5,8,13-17H2,1H3. The predicted molar refractivity (Wildman–Crippen MR) is 120 cm³/mol. The average Bonchev–Trinajstić information content (AvgIpc) is 3.27. The van der Waals surface area contributed by atoms with Gasteiger partial charge in [-0.1, -0.05) is 18.2 Å². The number of hydrogen-bond donors (Lipinski definition) is 0. The monoisotopic (exact) mass is 442 g/mol. The van der Waals surface area contributed by atoms with E-state index in [0.29, 0.717) is 50.5 Å². The predicted octanol–water partition coefficient (Wildman–Crippen LogP) is 3.04. The van der Waals surface area contributed by atoms with Gasteiger partial charge in [-0.25, -0.2) is 8.42 Å². The van der Waals surface area contributed by atoms with Crippen molar-refractivity contribution in [3.8, 4) is 5.75 Å². The van der Waals surface area contributed by atoms with Crippen LogP contribution < -0.4 is 4.74 Å². The van der Waals surface area contributed by atoms with Crippen molar-refractivity contribution in [2.75, 3.05) is 32.8 Å². The molecule has 0 bridgehead atoms. The van der Waals surface area contributed by atoms with E-state index in [1.165, 1.54) is 9.87 Å². The highest BCUT2D eigenvalue weighted by Crippen LogP contribution is 2.27. The van der Waals surface area contributed by atoms with E-state index in [2.05, 4.69) is 0 Å². The molecule has 2 aliphatic rings. The largest absolute Gasteiger partial charge is 0.494 e. The minimum atomic E-state index is -3.51. The topological polar surface area (TPSA) is 66.9 Å². The number of benzene rings is 2. The summed E-state index contributed by atoms with van der Waals surface area (Å²) in [5.41, 5.74) is 3.51. The summed E-state index contributed by atoms with van der Waals surface area (Å²) < 4.78 is 33.1. The average molecular weight is 443 g/mol. The van der Waals surface area contributed by atoms with Crippen LogP contribution >= 0.6 is 0 Å². The number of amides is 1. The molecule has 1 fully saturated rings. The molecule has 6 nitrogen and oxygen atoms in total. The number of carbonyl (C=O) groups is 1. The molecule has 166 valence electrons. The Morgan fingerprint density at radius 2 is 1.68 bits per heavy atom. The third kappa shape index (κ3) is 4.93. The van der Waals surface area contributed by atoms with Gasteiger partial charge in [0.1, 0.15) is 5.75 Å². The zero-order valence-electron chi connectivity index (χ0n) is 18.0. The molecule has 7 heteroatoms. The summed E-state index contributed by atoms with van der Waals surface area (Å²) in [5.74, 6) is 0.904. The number of piperazine rings is 1. The van der Waals surface area contributed by atoms with Gasteiger partial charge in [0.25, 0.3) is 0 Å². The first-order valence-electron chi connectivity index (χ1n) is 11.1. The highest BCUT2D eigenvalue weighted by Gasteiger charge is 2.30. The van der Waals surface area contributed by atoms with E-state index in [9.17, 15) is 13.2 Å². The highest BCUT2D eigenvalue weighted by molar-refractivity contribution is 7.89. The third-order valence-corrected chi connectivity index (χ3v) is 8.06. The van der Waals surface area contributed by atoms with E-state index in [4.69, 9.17) is 4.74 Å². The second kappa shape index (κ2) is 9.40. The van der Waals surface area contributed by atoms with Crippen LogP contribution in [0.25, 0.3) is 0 Å². The minimum absolute atomic E-state index is 0.0727. The molecule has 0 spiro atoms. The molecule has 1 aliphatic heterocycles. The van der Waals surface area contributed by atoms with Crippen molar-refractivity contribution >= 4 is 15.9 Å². The fourth-order valence-electron chi connectivity index (χ4n) is 4.36. The molecule has 4 rings (SSSR count). The maximum Gasteiger partial charge on any atom is 0.243 e. The summed E-state index contributed by atoms with van der Waals surface area (Å²) in [7, 11) is -3.51. The molecule has 0 radical (unpaired) electrons. The maximum atomic E-state index is 13.1. The van der Waals surface area contributed by atoms with Crippen LogP contribution in [0.5, 0.6) is 5.75 Å². The number of nitrogens with zero attached hydrogens (tertiary/aromatic N) is 2. The second-order valence-electron chi connectivity index (χ2n) is 8.15. The van der Waals surface area contributed by atoms with Gasteiger partial charge in [-0.2, -0.15) is 4.31 Å². The molecule has 0 unspecified atom stereocenters. The summed E-state index contributed by atoms with van der Waals surface area (Å²) in [6.07, 6.45) is 4.17. The van der Waals surface area contributed by atoms with E-state index < -0.39 is 10.0 Å². The molecule has 1 aliphatic carbocycles. The number of rotatable bonds is 7. The van der Waals surface area contributed by atoms with Crippen molar-refractivity contribution in [3.63, 3.8) is 0 Å². The molecular weight excluding hydrogens is 412 g/mol. The van der Waals surface area contributed by atoms with Gasteiger partial charge in [-0.15, -0.1) is 0 Å². The highest BCUT2D eigenvalue weighted by atomic mass is 32.2. The quantitative estimate of drug-likeness (QED) is 0.661. The third-order valence-electron chi connectivity index (χ3n) is 6.16. The van der Waals surface area contributed by atoms with Gasteiger partial charge in [0.15, 0.2) is 0 Å². The molecule has 0 atom stereocenters.